The molecule has 0 fully saturated rings. The molecule has 17 heavy (non-hydrogen) atoms. The highest BCUT2D eigenvalue weighted by Gasteiger charge is 2.05. The molecule has 0 saturated heterocycles. The van der Waals surface area contributed by atoms with Crippen LogP contribution in [0.5, 0.6) is 5.75 Å². The Morgan fingerprint density at radius 1 is 1.18 bits per heavy atom. The zero-order valence-electron chi connectivity index (χ0n) is 9.95. The Hall–Kier alpha value is -0.780. The van der Waals surface area contributed by atoms with E-state index < -0.39 is 6.16 Å². The van der Waals surface area contributed by atoms with Gasteiger partial charge in [-0.15, -0.1) is 0 Å². The third-order valence-corrected chi connectivity index (χ3v) is 2.95. The molecule has 0 atom stereocenters. The maximum absolute atomic E-state index is 11.3. The summed E-state index contributed by atoms with van der Waals surface area (Å²) in [4.78, 5) is 11.3. The fraction of sp³-hybridized carbons (Fsp3) is 0.462. The quantitative estimate of drug-likeness (QED) is 0.331. The maximum atomic E-state index is 11.3. The molecule has 0 saturated carbocycles. The van der Waals surface area contributed by atoms with Crippen molar-refractivity contribution in [3.63, 3.8) is 0 Å². The van der Waals surface area contributed by atoms with Gasteiger partial charge in [0.25, 0.3) is 0 Å². The molecule has 1 rings (SSSR count). The van der Waals surface area contributed by atoms with E-state index in [-0.39, 0.29) is 0 Å². The van der Waals surface area contributed by atoms with Gasteiger partial charge in [0.15, 0.2) is 0 Å². The Kier molecular flexibility index (Phi) is 7.00. The molecule has 0 radical (unpaired) electrons. The minimum Gasteiger partial charge on any atom is -0.434 e. The van der Waals surface area contributed by atoms with Gasteiger partial charge in [-0.05, 0) is 53.3 Å². The monoisotopic (exact) mass is 348 g/mol. The average Bonchev–Trinajstić information content (AvgIpc) is 2.32. The van der Waals surface area contributed by atoms with E-state index in [2.05, 4.69) is 29.5 Å². The summed E-state index contributed by atoms with van der Waals surface area (Å²) >= 11 is 2.19. The normalized spacial score (nSPS) is 10.0. The highest BCUT2D eigenvalue weighted by Crippen LogP contribution is 2.14. The Morgan fingerprint density at radius 3 is 2.53 bits per heavy atom. The van der Waals surface area contributed by atoms with E-state index in [1.165, 1.54) is 12.8 Å². The number of benzene rings is 1. The van der Waals surface area contributed by atoms with Crippen LogP contribution in [0.2, 0.25) is 0 Å². The van der Waals surface area contributed by atoms with Crippen LogP contribution in [0.3, 0.4) is 0 Å². The summed E-state index contributed by atoms with van der Waals surface area (Å²) in [6, 6.07) is 7.26. The number of carbonyl (C=O) groups excluding carboxylic acids is 1. The van der Waals surface area contributed by atoms with Gasteiger partial charge in [0.05, 0.1) is 6.61 Å². The van der Waals surface area contributed by atoms with Crippen LogP contribution in [-0.2, 0) is 4.74 Å². The molecule has 1 aromatic carbocycles. The number of unbranched alkanes of at least 4 members (excludes halogenated alkanes) is 3. The van der Waals surface area contributed by atoms with Crippen LogP contribution in [0.4, 0.5) is 4.79 Å². The molecule has 1 aromatic rings. The molecule has 4 heteroatoms. The molecule has 0 aliphatic rings. The van der Waals surface area contributed by atoms with Gasteiger partial charge in [0.2, 0.25) is 0 Å². The lowest BCUT2D eigenvalue weighted by atomic mass is 10.2. The Labute approximate surface area is 116 Å². The van der Waals surface area contributed by atoms with Crippen LogP contribution in [-0.4, -0.2) is 12.8 Å². The SMILES string of the molecule is CCCCCCOC(=O)Oc1ccc(I)cc1. The molecule has 0 spiro atoms. The van der Waals surface area contributed by atoms with Gasteiger partial charge >= 0.3 is 6.16 Å². The molecule has 0 heterocycles. The number of hydrogen-bond donors (Lipinski definition) is 0. The Balaban J connectivity index is 2.18. The molecule has 0 aromatic heterocycles. The second kappa shape index (κ2) is 8.33. The van der Waals surface area contributed by atoms with Crippen LogP contribution < -0.4 is 4.74 Å². The van der Waals surface area contributed by atoms with Gasteiger partial charge in [-0.25, -0.2) is 4.79 Å². The Morgan fingerprint density at radius 2 is 1.88 bits per heavy atom. The van der Waals surface area contributed by atoms with Crippen molar-refractivity contribution in [2.24, 2.45) is 0 Å². The van der Waals surface area contributed by atoms with Crippen molar-refractivity contribution >= 4 is 28.7 Å². The molecule has 0 bridgehead atoms. The van der Waals surface area contributed by atoms with E-state index in [1.54, 1.807) is 12.1 Å². The fourth-order valence-corrected chi connectivity index (χ4v) is 1.67. The molecule has 0 aliphatic heterocycles. The summed E-state index contributed by atoms with van der Waals surface area (Å²) in [6.45, 7) is 2.58. The van der Waals surface area contributed by atoms with Gasteiger partial charge < -0.3 is 9.47 Å². The third-order valence-electron chi connectivity index (χ3n) is 2.23. The molecular weight excluding hydrogens is 331 g/mol. The summed E-state index contributed by atoms with van der Waals surface area (Å²) < 4.78 is 11.1. The van der Waals surface area contributed by atoms with Crippen molar-refractivity contribution < 1.29 is 14.3 Å². The average molecular weight is 348 g/mol. The van der Waals surface area contributed by atoms with Crippen molar-refractivity contribution in [1.82, 2.24) is 0 Å². The molecule has 0 aliphatic carbocycles. The van der Waals surface area contributed by atoms with Crippen LogP contribution >= 0.6 is 22.6 Å². The topological polar surface area (TPSA) is 35.5 Å². The highest BCUT2D eigenvalue weighted by atomic mass is 127. The van der Waals surface area contributed by atoms with Crippen molar-refractivity contribution in [3.05, 3.63) is 27.8 Å². The molecule has 0 N–H and O–H groups in total. The van der Waals surface area contributed by atoms with Crippen molar-refractivity contribution in [3.8, 4) is 5.75 Å². The van der Waals surface area contributed by atoms with Gasteiger partial charge in [-0.3, -0.25) is 0 Å². The largest absolute Gasteiger partial charge is 0.513 e. The molecule has 0 unspecified atom stereocenters. The number of ether oxygens (including phenoxy) is 2. The van der Waals surface area contributed by atoms with Crippen molar-refractivity contribution in [2.45, 2.75) is 32.6 Å². The smallest absolute Gasteiger partial charge is 0.434 e. The van der Waals surface area contributed by atoms with E-state index in [0.29, 0.717) is 12.4 Å². The predicted molar refractivity (Wildman–Crippen MR) is 75.3 cm³/mol. The first-order valence-electron chi connectivity index (χ1n) is 5.82. The van der Waals surface area contributed by atoms with E-state index >= 15 is 0 Å². The zero-order chi connectivity index (χ0) is 12.5. The van der Waals surface area contributed by atoms with Crippen LogP contribution in [0, 0.1) is 3.57 Å². The minimum atomic E-state index is -0.622. The third kappa shape index (κ3) is 6.51. The predicted octanol–water partition coefficient (Wildman–Crippen LogP) is 4.39. The number of halogens is 1. The van der Waals surface area contributed by atoms with Gasteiger partial charge in [-0.2, -0.15) is 0 Å². The molecule has 0 amide bonds. The summed E-state index contributed by atoms with van der Waals surface area (Å²) in [7, 11) is 0. The second-order valence-corrected chi connectivity index (χ2v) is 4.96. The van der Waals surface area contributed by atoms with E-state index in [1.807, 2.05) is 12.1 Å². The second-order valence-electron chi connectivity index (χ2n) is 3.72. The zero-order valence-corrected chi connectivity index (χ0v) is 12.1. The van der Waals surface area contributed by atoms with Gasteiger partial charge in [-0.1, -0.05) is 26.2 Å². The number of rotatable bonds is 6. The van der Waals surface area contributed by atoms with Crippen LogP contribution in [0.15, 0.2) is 24.3 Å². The molecule has 94 valence electrons. The molecule has 3 nitrogen and oxygen atoms in total. The van der Waals surface area contributed by atoms with Crippen LogP contribution in [0.25, 0.3) is 0 Å². The van der Waals surface area contributed by atoms with Crippen LogP contribution in [0.1, 0.15) is 32.6 Å². The first-order chi connectivity index (χ1) is 8.22. The number of carbonyl (C=O) groups is 1. The maximum Gasteiger partial charge on any atom is 0.513 e. The number of hydrogen-bond acceptors (Lipinski definition) is 3. The van der Waals surface area contributed by atoms with E-state index in [4.69, 9.17) is 9.47 Å². The lowest BCUT2D eigenvalue weighted by molar-refractivity contribution is 0.0973. The molecular formula is C13H17IO3. The first kappa shape index (κ1) is 14.3. The lowest BCUT2D eigenvalue weighted by Gasteiger charge is -2.05. The standard InChI is InChI=1S/C13H17IO3/c1-2-3-4-5-10-16-13(15)17-12-8-6-11(14)7-9-12/h6-9H,2-5,10H2,1H3. The Bertz CT molecular complexity index is 335. The minimum absolute atomic E-state index is 0.434. The summed E-state index contributed by atoms with van der Waals surface area (Å²) in [5.41, 5.74) is 0. The highest BCUT2D eigenvalue weighted by molar-refractivity contribution is 14.1. The first-order valence-corrected chi connectivity index (χ1v) is 6.90. The van der Waals surface area contributed by atoms with E-state index in [0.717, 1.165) is 16.4 Å². The van der Waals surface area contributed by atoms with E-state index in [9.17, 15) is 4.79 Å². The summed E-state index contributed by atoms with van der Waals surface area (Å²) in [5, 5.41) is 0. The van der Waals surface area contributed by atoms with Crippen molar-refractivity contribution in [1.29, 1.82) is 0 Å². The summed E-state index contributed by atoms with van der Waals surface area (Å²) in [6.07, 6.45) is 3.72. The summed E-state index contributed by atoms with van der Waals surface area (Å²) in [5.74, 6) is 0.518. The van der Waals surface area contributed by atoms with Gasteiger partial charge in [0, 0.05) is 3.57 Å². The fourth-order valence-electron chi connectivity index (χ4n) is 1.31. The lowest BCUT2D eigenvalue weighted by Crippen LogP contribution is -2.11. The van der Waals surface area contributed by atoms with Crippen molar-refractivity contribution in [2.75, 3.05) is 6.61 Å². The van der Waals surface area contributed by atoms with Gasteiger partial charge in [0.1, 0.15) is 5.75 Å².